The Bertz CT molecular complexity index is 829. The number of nitrogens with zero attached hydrogens (tertiary/aromatic N) is 1. The average Bonchev–Trinajstić information content (AvgIpc) is 2.68. The van der Waals surface area contributed by atoms with E-state index in [1.165, 1.54) is 0 Å². The molecule has 0 atom stereocenters. The molecule has 1 aliphatic rings. The number of carbonyl (C=O) groups is 2. The number of hydrogen-bond acceptors (Lipinski definition) is 3. The number of halogens is 2. The molecular weight excluding hydrogens is 444 g/mol. The van der Waals surface area contributed by atoms with E-state index in [0.29, 0.717) is 29.4 Å². The number of amides is 2. The van der Waals surface area contributed by atoms with Crippen LogP contribution in [0.25, 0.3) is 0 Å². The highest BCUT2D eigenvalue weighted by Gasteiger charge is 2.24. The molecule has 3 rings (SSSR count). The monoisotopic (exact) mass is 464 g/mol. The molecule has 0 saturated carbocycles. The first kappa shape index (κ1) is 20.7. The van der Waals surface area contributed by atoms with E-state index in [1.807, 2.05) is 31.2 Å². The van der Waals surface area contributed by atoms with Gasteiger partial charge in [0.25, 0.3) is 11.8 Å². The fourth-order valence-corrected chi connectivity index (χ4v) is 4.25. The predicted octanol–water partition coefficient (Wildman–Crippen LogP) is 4.21. The summed E-state index contributed by atoms with van der Waals surface area (Å²) in [6.45, 7) is 3.02. The maximum atomic E-state index is 12.5. The van der Waals surface area contributed by atoms with Gasteiger partial charge in [-0.1, -0.05) is 45.7 Å². The summed E-state index contributed by atoms with van der Waals surface area (Å²) in [5, 5.41) is 3.52. The zero-order valence-corrected chi connectivity index (χ0v) is 17.9. The van der Waals surface area contributed by atoms with Crippen LogP contribution in [0.3, 0.4) is 0 Å². The zero-order chi connectivity index (χ0) is 20.1. The van der Waals surface area contributed by atoms with Gasteiger partial charge in [-0.05, 0) is 49.6 Å². The summed E-state index contributed by atoms with van der Waals surface area (Å²) in [5.74, 6) is 0.378. The minimum Gasteiger partial charge on any atom is -0.482 e. The Morgan fingerprint density at radius 3 is 2.54 bits per heavy atom. The third-order valence-electron chi connectivity index (χ3n) is 4.75. The lowest BCUT2D eigenvalue weighted by Gasteiger charge is -2.32. The molecule has 2 aromatic rings. The first-order valence-electron chi connectivity index (χ1n) is 9.16. The lowest BCUT2D eigenvalue weighted by molar-refractivity contribution is -0.134. The van der Waals surface area contributed by atoms with Crippen molar-refractivity contribution >= 4 is 39.3 Å². The van der Waals surface area contributed by atoms with Gasteiger partial charge in [-0.15, -0.1) is 0 Å². The van der Waals surface area contributed by atoms with E-state index in [2.05, 4.69) is 21.2 Å². The zero-order valence-electron chi connectivity index (χ0n) is 15.6. The smallest absolute Gasteiger partial charge is 0.260 e. The Morgan fingerprint density at radius 1 is 1.21 bits per heavy atom. The molecule has 148 valence electrons. The van der Waals surface area contributed by atoms with E-state index < -0.39 is 0 Å². The number of hydrogen-bond donors (Lipinski definition) is 1. The van der Waals surface area contributed by atoms with Crippen LogP contribution in [0.15, 0.2) is 46.9 Å². The molecule has 0 unspecified atom stereocenters. The highest BCUT2D eigenvalue weighted by Crippen LogP contribution is 2.32. The van der Waals surface area contributed by atoms with Gasteiger partial charge in [0.2, 0.25) is 0 Å². The molecule has 1 aliphatic heterocycles. The highest BCUT2D eigenvalue weighted by atomic mass is 79.9. The summed E-state index contributed by atoms with van der Waals surface area (Å²) in [7, 11) is 0. The van der Waals surface area contributed by atoms with Crippen LogP contribution >= 0.6 is 27.5 Å². The number of piperidine rings is 1. The fourth-order valence-electron chi connectivity index (χ4n) is 3.23. The third kappa shape index (κ3) is 5.26. The molecule has 0 bridgehead atoms. The van der Waals surface area contributed by atoms with Gasteiger partial charge in [0.1, 0.15) is 5.75 Å². The maximum absolute atomic E-state index is 12.5. The van der Waals surface area contributed by atoms with Crippen molar-refractivity contribution in [2.24, 2.45) is 0 Å². The Labute approximate surface area is 178 Å². The van der Waals surface area contributed by atoms with Crippen molar-refractivity contribution < 1.29 is 14.3 Å². The second-order valence-electron chi connectivity index (χ2n) is 6.82. The van der Waals surface area contributed by atoms with Crippen LogP contribution in [0.1, 0.15) is 28.8 Å². The normalized spacial score (nSPS) is 14.6. The number of ether oxygens (including phenoxy) is 1. The third-order valence-corrected chi connectivity index (χ3v) is 5.49. The fraction of sp³-hybridized carbons (Fsp3) is 0.333. The predicted molar refractivity (Wildman–Crippen MR) is 113 cm³/mol. The van der Waals surface area contributed by atoms with Crippen LogP contribution < -0.4 is 10.1 Å². The topological polar surface area (TPSA) is 58.6 Å². The summed E-state index contributed by atoms with van der Waals surface area (Å²) in [4.78, 5) is 26.5. The van der Waals surface area contributed by atoms with E-state index in [4.69, 9.17) is 16.3 Å². The Kier molecular flexibility index (Phi) is 6.97. The number of rotatable bonds is 5. The number of likely N-dealkylation sites (tertiary alicyclic amines) is 1. The van der Waals surface area contributed by atoms with Crippen molar-refractivity contribution in [2.45, 2.75) is 25.8 Å². The van der Waals surface area contributed by atoms with Crippen molar-refractivity contribution in [1.82, 2.24) is 10.2 Å². The van der Waals surface area contributed by atoms with Gasteiger partial charge in [-0.2, -0.15) is 0 Å². The Morgan fingerprint density at radius 2 is 1.89 bits per heavy atom. The molecule has 7 heteroatoms. The number of benzene rings is 2. The van der Waals surface area contributed by atoms with Gasteiger partial charge in [0.05, 0.1) is 5.02 Å². The summed E-state index contributed by atoms with van der Waals surface area (Å²) in [6.07, 6.45) is 1.45. The average molecular weight is 466 g/mol. The number of nitrogens with one attached hydrogen (secondary N) is 1. The molecule has 1 fully saturated rings. The standard InChI is InChI=1S/C21H22BrClN2O3/c1-14-11-16(22)12-18(23)20(14)28-13-19(26)25-9-7-17(8-10-25)24-21(27)15-5-3-2-4-6-15/h2-6,11-12,17H,7-10,13H2,1H3,(H,24,27). The largest absolute Gasteiger partial charge is 0.482 e. The van der Waals surface area contributed by atoms with Gasteiger partial charge in [0.15, 0.2) is 6.61 Å². The first-order chi connectivity index (χ1) is 13.4. The van der Waals surface area contributed by atoms with Crippen LogP contribution in [0.4, 0.5) is 0 Å². The quantitative estimate of drug-likeness (QED) is 0.719. The lowest BCUT2D eigenvalue weighted by atomic mass is 10.0. The number of carbonyl (C=O) groups excluding carboxylic acids is 2. The van der Waals surface area contributed by atoms with Crippen LogP contribution in [0, 0.1) is 6.92 Å². The first-order valence-corrected chi connectivity index (χ1v) is 10.3. The van der Waals surface area contributed by atoms with Crippen LogP contribution in [0.5, 0.6) is 5.75 Å². The molecule has 28 heavy (non-hydrogen) atoms. The molecular formula is C21H22BrClN2O3. The van der Waals surface area contributed by atoms with E-state index in [0.717, 1.165) is 22.9 Å². The van der Waals surface area contributed by atoms with Gasteiger partial charge >= 0.3 is 0 Å². The molecule has 0 aliphatic carbocycles. The van der Waals surface area contributed by atoms with Crippen molar-refractivity contribution in [2.75, 3.05) is 19.7 Å². The van der Waals surface area contributed by atoms with Crippen molar-refractivity contribution in [3.8, 4) is 5.75 Å². The van der Waals surface area contributed by atoms with E-state index in [1.54, 1.807) is 23.1 Å². The molecule has 1 N–H and O–H groups in total. The Balaban J connectivity index is 1.47. The van der Waals surface area contributed by atoms with Gasteiger partial charge in [0, 0.05) is 29.2 Å². The molecule has 1 saturated heterocycles. The summed E-state index contributed by atoms with van der Waals surface area (Å²) < 4.78 is 6.54. The van der Waals surface area contributed by atoms with Gasteiger partial charge in [-0.25, -0.2) is 0 Å². The SMILES string of the molecule is Cc1cc(Br)cc(Cl)c1OCC(=O)N1CCC(NC(=O)c2ccccc2)CC1. The van der Waals surface area contributed by atoms with Crippen molar-refractivity contribution in [1.29, 1.82) is 0 Å². The van der Waals surface area contributed by atoms with Crippen molar-refractivity contribution in [3.63, 3.8) is 0 Å². The minimum atomic E-state index is -0.0776. The van der Waals surface area contributed by atoms with E-state index in [-0.39, 0.29) is 24.5 Å². The molecule has 0 spiro atoms. The second-order valence-corrected chi connectivity index (χ2v) is 8.14. The maximum Gasteiger partial charge on any atom is 0.260 e. The van der Waals surface area contributed by atoms with Gasteiger partial charge < -0.3 is 15.0 Å². The molecule has 2 amide bonds. The van der Waals surface area contributed by atoms with E-state index >= 15 is 0 Å². The minimum absolute atomic E-state index is 0.0523. The summed E-state index contributed by atoms with van der Waals surface area (Å²) >= 11 is 9.58. The second kappa shape index (κ2) is 9.43. The van der Waals surface area contributed by atoms with Crippen LogP contribution in [-0.2, 0) is 4.79 Å². The van der Waals surface area contributed by atoms with Crippen LogP contribution in [-0.4, -0.2) is 42.5 Å². The molecule has 0 radical (unpaired) electrons. The molecule has 2 aromatic carbocycles. The van der Waals surface area contributed by atoms with Crippen LogP contribution in [0.2, 0.25) is 5.02 Å². The Hall–Kier alpha value is -2.05. The summed E-state index contributed by atoms with van der Waals surface area (Å²) in [5.41, 5.74) is 1.52. The molecule has 1 heterocycles. The number of aryl methyl sites for hydroxylation is 1. The highest BCUT2D eigenvalue weighted by molar-refractivity contribution is 9.10. The van der Waals surface area contributed by atoms with Crippen molar-refractivity contribution in [3.05, 3.63) is 63.1 Å². The lowest BCUT2D eigenvalue weighted by Crippen LogP contribution is -2.47. The summed E-state index contributed by atoms with van der Waals surface area (Å²) in [6, 6.07) is 12.9. The molecule has 0 aromatic heterocycles. The van der Waals surface area contributed by atoms with Gasteiger partial charge in [-0.3, -0.25) is 9.59 Å². The molecule has 5 nitrogen and oxygen atoms in total. The van der Waals surface area contributed by atoms with E-state index in [9.17, 15) is 9.59 Å².